The van der Waals surface area contributed by atoms with E-state index in [1.54, 1.807) is 0 Å². The first-order valence-corrected chi connectivity index (χ1v) is 12.5. The summed E-state index contributed by atoms with van der Waals surface area (Å²) in [6, 6.07) is 3.11. The van der Waals surface area contributed by atoms with Crippen molar-refractivity contribution in [2.24, 2.45) is 11.8 Å². The van der Waals surface area contributed by atoms with E-state index >= 15 is 0 Å². The van der Waals surface area contributed by atoms with Gasteiger partial charge < -0.3 is 9.16 Å². The molecular weight excluding hydrogens is 328 g/mol. The molecule has 4 atom stereocenters. The van der Waals surface area contributed by atoms with Gasteiger partial charge in [0.2, 0.25) is 0 Å². The maximum absolute atomic E-state index is 13.6. The Balaban J connectivity index is 2.45. The van der Waals surface area contributed by atoms with E-state index in [-0.39, 0.29) is 17.6 Å². The highest BCUT2D eigenvalue weighted by atomic mass is 28.4. The van der Waals surface area contributed by atoms with Gasteiger partial charge in [-0.15, -0.1) is 6.58 Å². The van der Waals surface area contributed by atoms with Crippen molar-refractivity contribution >= 4 is 14.1 Å². The third-order valence-corrected chi connectivity index (χ3v) is 11.2. The van der Waals surface area contributed by atoms with Crippen molar-refractivity contribution in [1.29, 1.82) is 0 Å². The van der Waals surface area contributed by atoms with Gasteiger partial charge in [0.1, 0.15) is 11.7 Å². The van der Waals surface area contributed by atoms with Crippen LogP contribution in [0.5, 0.6) is 0 Å². The number of ether oxygens (including phenoxy) is 1. The molecule has 1 fully saturated rings. The van der Waals surface area contributed by atoms with E-state index < -0.39 is 25.6 Å². The van der Waals surface area contributed by atoms with Gasteiger partial charge in [0.05, 0.1) is 11.5 Å². The molecule has 0 aliphatic carbocycles. The lowest BCUT2D eigenvalue weighted by Gasteiger charge is -2.51. The maximum atomic E-state index is 13.6. The van der Waals surface area contributed by atoms with Gasteiger partial charge >= 0.3 is 0 Å². The van der Waals surface area contributed by atoms with Gasteiger partial charge in [0, 0.05) is 0 Å². The Labute approximate surface area is 155 Å². The SMILES string of the molecule is C=CCC[C@H]1C(=O)[C@H](O[Si](CC)(CC)CC)[C@@]2(C(C)C)C=C[C@@]1(C)O2. The lowest BCUT2D eigenvalue weighted by atomic mass is 9.74. The molecule has 0 radical (unpaired) electrons. The van der Waals surface area contributed by atoms with Crippen LogP contribution in [-0.4, -0.2) is 31.4 Å². The third kappa shape index (κ3) is 3.33. The van der Waals surface area contributed by atoms with E-state index in [9.17, 15) is 4.79 Å². The van der Waals surface area contributed by atoms with Gasteiger partial charge in [-0.25, -0.2) is 0 Å². The molecule has 0 saturated carbocycles. The van der Waals surface area contributed by atoms with Crippen LogP contribution in [0.15, 0.2) is 24.8 Å². The lowest BCUT2D eigenvalue weighted by molar-refractivity contribution is -0.208. The number of carbonyl (C=O) groups excluding carboxylic acids is 1. The Kier molecular flexibility index (Phi) is 6.17. The predicted octanol–water partition coefficient (Wildman–Crippen LogP) is 5.28. The summed E-state index contributed by atoms with van der Waals surface area (Å²) in [5.74, 6) is 0.275. The van der Waals surface area contributed by atoms with Gasteiger partial charge in [0.25, 0.3) is 0 Å². The molecule has 0 N–H and O–H groups in total. The minimum atomic E-state index is -1.92. The van der Waals surface area contributed by atoms with Crippen LogP contribution >= 0.6 is 0 Å². The average Bonchev–Trinajstić information content (AvgIpc) is 2.93. The molecule has 0 aromatic carbocycles. The van der Waals surface area contributed by atoms with Crippen LogP contribution in [0.2, 0.25) is 18.1 Å². The summed E-state index contributed by atoms with van der Waals surface area (Å²) in [5, 5.41) is 0. The van der Waals surface area contributed by atoms with Crippen molar-refractivity contribution < 1.29 is 14.0 Å². The quantitative estimate of drug-likeness (QED) is 0.412. The van der Waals surface area contributed by atoms with Crippen molar-refractivity contribution in [2.45, 2.75) is 89.8 Å². The fraction of sp³-hybridized carbons (Fsp3) is 0.762. The number of ketones is 1. The van der Waals surface area contributed by atoms with E-state index in [1.165, 1.54) is 0 Å². The highest BCUT2D eigenvalue weighted by Crippen LogP contribution is 2.51. The number of hydrogen-bond donors (Lipinski definition) is 0. The van der Waals surface area contributed by atoms with Crippen LogP contribution in [0.1, 0.15) is 54.4 Å². The Hall–Kier alpha value is -0.713. The zero-order chi connectivity index (χ0) is 18.9. The second-order valence-electron chi connectivity index (χ2n) is 8.19. The van der Waals surface area contributed by atoms with Crippen molar-refractivity contribution in [3.05, 3.63) is 24.8 Å². The number of carbonyl (C=O) groups is 1. The molecule has 0 spiro atoms. The summed E-state index contributed by atoms with van der Waals surface area (Å²) < 4.78 is 13.4. The molecule has 4 heteroatoms. The van der Waals surface area contributed by atoms with E-state index in [4.69, 9.17) is 9.16 Å². The van der Waals surface area contributed by atoms with Crippen molar-refractivity contribution in [3.8, 4) is 0 Å². The highest BCUT2D eigenvalue weighted by molar-refractivity contribution is 6.73. The Morgan fingerprint density at radius 1 is 1.28 bits per heavy atom. The standard InChI is InChI=1S/C21H36O3Si/c1-8-12-13-17-18(22)19(23-25(9-2,10-3)11-4)21(16(5)6)15-14-20(17,7)24-21/h8,14-17,19H,1,9-13H2,2-7H3/t17-,19-,20+,21-/m0/s1. The van der Waals surface area contributed by atoms with Gasteiger partial charge in [-0.1, -0.05) is 52.8 Å². The molecular formula is C21H36O3Si. The first-order valence-electron chi connectivity index (χ1n) is 9.97. The summed E-state index contributed by atoms with van der Waals surface area (Å²) in [6.07, 6.45) is 7.27. The number of fused-ring (bicyclic) bond motifs is 2. The minimum absolute atomic E-state index is 0.154. The second kappa shape index (κ2) is 7.49. The smallest absolute Gasteiger partial charge is 0.193 e. The van der Waals surface area contributed by atoms with E-state index in [0.29, 0.717) is 0 Å². The number of Topliss-reactive ketones (excluding diaryl/α,β-unsaturated/α-hetero) is 1. The minimum Gasteiger partial charge on any atom is -0.404 e. The molecule has 0 amide bonds. The van der Waals surface area contributed by atoms with Crippen LogP contribution < -0.4 is 0 Å². The van der Waals surface area contributed by atoms with Crippen LogP contribution in [0.3, 0.4) is 0 Å². The molecule has 0 unspecified atom stereocenters. The summed E-state index contributed by atoms with van der Waals surface area (Å²) in [5.41, 5.74) is -1.13. The number of hydrogen-bond acceptors (Lipinski definition) is 3. The summed E-state index contributed by atoms with van der Waals surface area (Å²) >= 11 is 0. The van der Waals surface area contributed by atoms with Crippen molar-refractivity contribution in [2.75, 3.05) is 0 Å². The van der Waals surface area contributed by atoms with Gasteiger partial charge in [-0.2, -0.15) is 0 Å². The molecule has 2 aliphatic rings. The second-order valence-corrected chi connectivity index (χ2v) is 12.9. The predicted molar refractivity (Wildman–Crippen MR) is 106 cm³/mol. The number of allylic oxidation sites excluding steroid dienone is 1. The molecule has 25 heavy (non-hydrogen) atoms. The summed E-state index contributed by atoms with van der Waals surface area (Å²) in [4.78, 5) is 13.6. The molecule has 1 saturated heterocycles. The van der Waals surface area contributed by atoms with Crippen LogP contribution in [0, 0.1) is 11.8 Å². The van der Waals surface area contributed by atoms with Crippen LogP contribution in [0.4, 0.5) is 0 Å². The third-order valence-electron chi connectivity index (χ3n) is 6.64. The van der Waals surface area contributed by atoms with Crippen LogP contribution in [-0.2, 0) is 14.0 Å². The summed E-state index contributed by atoms with van der Waals surface area (Å²) in [6.45, 7) is 16.8. The zero-order valence-electron chi connectivity index (χ0n) is 16.9. The molecule has 0 aromatic heterocycles. The van der Waals surface area contributed by atoms with Crippen molar-refractivity contribution in [3.63, 3.8) is 0 Å². The topological polar surface area (TPSA) is 35.5 Å². The van der Waals surface area contributed by atoms with Crippen LogP contribution in [0.25, 0.3) is 0 Å². The zero-order valence-corrected chi connectivity index (χ0v) is 17.9. The monoisotopic (exact) mass is 364 g/mol. The largest absolute Gasteiger partial charge is 0.404 e. The summed E-state index contributed by atoms with van der Waals surface area (Å²) in [7, 11) is -1.92. The van der Waals surface area contributed by atoms with Gasteiger partial charge in [-0.3, -0.25) is 4.79 Å². The first-order chi connectivity index (χ1) is 11.7. The Bertz CT molecular complexity index is 529. The molecule has 0 aromatic rings. The van der Waals surface area contributed by atoms with Gasteiger partial charge in [0.15, 0.2) is 14.1 Å². The van der Waals surface area contributed by atoms with Gasteiger partial charge in [-0.05, 0) is 43.8 Å². The fourth-order valence-electron chi connectivity index (χ4n) is 4.49. The fourth-order valence-corrected chi connectivity index (χ4v) is 7.29. The average molecular weight is 365 g/mol. The molecule has 2 bridgehead atoms. The highest BCUT2D eigenvalue weighted by Gasteiger charge is 2.62. The number of rotatable bonds is 9. The molecule has 2 heterocycles. The van der Waals surface area contributed by atoms with E-state index in [2.05, 4.69) is 60.3 Å². The maximum Gasteiger partial charge on any atom is 0.193 e. The normalized spacial score (nSPS) is 34.8. The molecule has 2 aliphatic heterocycles. The molecule has 2 rings (SSSR count). The Morgan fingerprint density at radius 2 is 1.88 bits per heavy atom. The Morgan fingerprint density at radius 3 is 2.36 bits per heavy atom. The molecule has 3 nitrogen and oxygen atoms in total. The van der Waals surface area contributed by atoms with E-state index in [0.717, 1.165) is 31.0 Å². The molecule has 142 valence electrons. The lowest BCUT2D eigenvalue weighted by Crippen LogP contribution is -2.65. The van der Waals surface area contributed by atoms with Crippen molar-refractivity contribution in [1.82, 2.24) is 0 Å². The van der Waals surface area contributed by atoms with E-state index in [1.807, 2.05) is 6.08 Å². The first kappa shape index (κ1) is 20.6.